The summed E-state index contributed by atoms with van der Waals surface area (Å²) in [7, 11) is 1.78. The first-order valence-electron chi connectivity index (χ1n) is 5.63. The van der Waals surface area contributed by atoms with Crippen molar-refractivity contribution >= 4 is 0 Å². The molecule has 84 valence electrons. The Bertz CT molecular complexity index is 146. The molecule has 14 heavy (non-hydrogen) atoms. The van der Waals surface area contributed by atoms with E-state index in [2.05, 4.69) is 19.2 Å². The quantitative estimate of drug-likeness (QED) is 0.705. The van der Waals surface area contributed by atoms with Crippen molar-refractivity contribution in [2.75, 3.05) is 26.9 Å². The van der Waals surface area contributed by atoms with Gasteiger partial charge in [0, 0.05) is 25.7 Å². The molecule has 3 heteroatoms. The van der Waals surface area contributed by atoms with Crippen LogP contribution in [0.1, 0.15) is 26.7 Å². The molecule has 3 atom stereocenters. The van der Waals surface area contributed by atoms with Gasteiger partial charge in [-0.2, -0.15) is 0 Å². The zero-order chi connectivity index (χ0) is 10.4. The van der Waals surface area contributed by atoms with Crippen molar-refractivity contribution < 1.29 is 9.47 Å². The summed E-state index contributed by atoms with van der Waals surface area (Å²) < 4.78 is 10.8. The van der Waals surface area contributed by atoms with Gasteiger partial charge in [-0.15, -0.1) is 0 Å². The van der Waals surface area contributed by atoms with E-state index in [1.807, 2.05) is 0 Å². The minimum Gasteiger partial charge on any atom is -0.381 e. The Morgan fingerprint density at radius 1 is 1.57 bits per heavy atom. The van der Waals surface area contributed by atoms with E-state index in [1.54, 1.807) is 7.11 Å². The van der Waals surface area contributed by atoms with E-state index in [1.165, 1.54) is 6.42 Å². The third-order valence-corrected chi connectivity index (χ3v) is 2.98. The Kier molecular flexibility index (Phi) is 5.45. The first kappa shape index (κ1) is 12.0. The summed E-state index contributed by atoms with van der Waals surface area (Å²) in [6.45, 7) is 7.17. The van der Waals surface area contributed by atoms with Crippen LogP contribution in [0.25, 0.3) is 0 Å². The predicted molar refractivity (Wildman–Crippen MR) is 57.5 cm³/mol. The SMILES string of the molecule is CCCNC(C1CCOC1)C(C)OC. The Balaban J connectivity index is 2.42. The Labute approximate surface area is 87.2 Å². The molecule has 1 rings (SSSR count). The summed E-state index contributed by atoms with van der Waals surface area (Å²) in [5.74, 6) is 0.622. The molecule has 3 nitrogen and oxygen atoms in total. The Morgan fingerprint density at radius 3 is 2.86 bits per heavy atom. The molecule has 1 heterocycles. The Hall–Kier alpha value is -0.120. The van der Waals surface area contributed by atoms with Crippen LogP contribution in [0.3, 0.4) is 0 Å². The van der Waals surface area contributed by atoms with Gasteiger partial charge in [0.05, 0.1) is 12.7 Å². The zero-order valence-electron chi connectivity index (χ0n) is 9.58. The van der Waals surface area contributed by atoms with Gasteiger partial charge in [-0.3, -0.25) is 0 Å². The van der Waals surface area contributed by atoms with E-state index in [0.717, 1.165) is 26.2 Å². The maximum Gasteiger partial charge on any atom is 0.0699 e. The lowest BCUT2D eigenvalue weighted by molar-refractivity contribution is 0.0568. The second kappa shape index (κ2) is 6.38. The van der Waals surface area contributed by atoms with Crippen molar-refractivity contribution in [2.24, 2.45) is 5.92 Å². The average Bonchev–Trinajstić information content (AvgIpc) is 2.71. The van der Waals surface area contributed by atoms with Crippen LogP contribution in [0.15, 0.2) is 0 Å². The molecule has 0 aromatic carbocycles. The van der Waals surface area contributed by atoms with Crippen LogP contribution < -0.4 is 5.32 Å². The van der Waals surface area contributed by atoms with Gasteiger partial charge >= 0.3 is 0 Å². The molecular weight excluding hydrogens is 178 g/mol. The summed E-state index contributed by atoms with van der Waals surface area (Å²) in [4.78, 5) is 0. The fourth-order valence-corrected chi connectivity index (χ4v) is 2.01. The van der Waals surface area contributed by atoms with E-state index in [4.69, 9.17) is 9.47 Å². The molecule has 1 aliphatic heterocycles. The number of methoxy groups -OCH3 is 1. The van der Waals surface area contributed by atoms with Gasteiger partial charge in [0.1, 0.15) is 0 Å². The Morgan fingerprint density at radius 2 is 2.36 bits per heavy atom. The third-order valence-electron chi connectivity index (χ3n) is 2.98. The molecule has 0 amide bonds. The summed E-state index contributed by atoms with van der Waals surface area (Å²) in [5, 5.41) is 3.56. The second-order valence-electron chi connectivity index (χ2n) is 4.04. The van der Waals surface area contributed by atoms with Gasteiger partial charge < -0.3 is 14.8 Å². The topological polar surface area (TPSA) is 30.5 Å². The lowest BCUT2D eigenvalue weighted by Crippen LogP contribution is -2.45. The second-order valence-corrected chi connectivity index (χ2v) is 4.04. The van der Waals surface area contributed by atoms with Gasteiger partial charge in [0.2, 0.25) is 0 Å². The van der Waals surface area contributed by atoms with Gasteiger partial charge in [0.25, 0.3) is 0 Å². The van der Waals surface area contributed by atoms with E-state index in [0.29, 0.717) is 12.0 Å². The number of rotatable bonds is 6. The van der Waals surface area contributed by atoms with Crippen molar-refractivity contribution in [3.63, 3.8) is 0 Å². The van der Waals surface area contributed by atoms with Gasteiger partial charge in [-0.05, 0) is 26.3 Å². The van der Waals surface area contributed by atoms with E-state index < -0.39 is 0 Å². The summed E-state index contributed by atoms with van der Waals surface area (Å²) >= 11 is 0. The number of ether oxygens (including phenoxy) is 2. The molecule has 0 aromatic heterocycles. The predicted octanol–water partition coefficient (Wildman–Crippen LogP) is 1.43. The smallest absolute Gasteiger partial charge is 0.0699 e. The molecule has 1 fully saturated rings. The van der Waals surface area contributed by atoms with Crippen molar-refractivity contribution in [1.29, 1.82) is 0 Å². The highest BCUT2D eigenvalue weighted by Crippen LogP contribution is 2.20. The standard InChI is InChI=1S/C11H23NO2/c1-4-6-12-11(9(2)13-3)10-5-7-14-8-10/h9-12H,4-8H2,1-3H3. The lowest BCUT2D eigenvalue weighted by Gasteiger charge is -2.28. The molecular formula is C11H23NO2. The molecule has 3 unspecified atom stereocenters. The van der Waals surface area contributed by atoms with Crippen LogP contribution >= 0.6 is 0 Å². The highest BCUT2D eigenvalue weighted by atomic mass is 16.5. The number of hydrogen-bond donors (Lipinski definition) is 1. The number of hydrogen-bond acceptors (Lipinski definition) is 3. The largest absolute Gasteiger partial charge is 0.381 e. The monoisotopic (exact) mass is 201 g/mol. The summed E-state index contributed by atoms with van der Waals surface area (Å²) in [6.07, 6.45) is 2.60. The molecule has 1 saturated heterocycles. The average molecular weight is 201 g/mol. The van der Waals surface area contributed by atoms with Crippen LogP contribution in [0, 0.1) is 5.92 Å². The maximum absolute atomic E-state index is 5.42. The van der Waals surface area contributed by atoms with E-state index in [9.17, 15) is 0 Å². The third kappa shape index (κ3) is 3.23. The van der Waals surface area contributed by atoms with Gasteiger partial charge in [-0.25, -0.2) is 0 Å². The fourth-order valence-electron chi connectivity index (χ4n) is 2.01. The zero-order valence-corrected chi connectivity index (χ0v) is 9.58. The van der Waals surface area contributed by atoms with Crippen LogP contribution in [-0.4, -0.2) is 39.0 Å². The highest BCUT2D eigenvalue weighted by Gasteiger charge is 2.29. The van der Waals surface area contributed by atoms with Crippen molar-refractivity contribution in [3.05, 3.63) is 0 Å². The van der Waals surface area contributed by atoms with Crippen LogP contribution in [0.5, 0.6) is 0 Å². The minimum absolute atomic E-state index is 0.272. The summed E-state index contributed by atoms with van der Waals surface area (Å²) in [5.41, 5.74) is 0. The van der Waals surface area contributed by atoms with Gasteiger partial charge in [-0.1, -0.05) is 6.92 Å². The molecule has 0 aliphatic carbocycles. The molecule has 0 aromatic rings. The molecule has 0 bridgehead atoms. The first-order chi connectivity index (χ1) is 6.79. The minimum atomic E-state index is 0.272. The molecule has 0 saturated carbocycles. The molecule has 1 aliphatic rings. The first-order valence-corrected chi connectivity index (χ1v) is 5.63. The molecule has 0 spiro atoms. The van der Waals surface area contributed by atoms with E-state index in [-0.39, 0.29) is 6.10 Å². The van der Waals surface area contributed by atoms with E-state index >= 15 is 0 Å². The molecule has 1 N–H and O–H groups in total. The maximum atomic E-state index is 5.42. The summed E-state index contributed by atoms with van der Waals surface area (Å²) in [6, 6.07) is 0.447. The lowest BCUT2D eigenvalue weighted by atomic mass is 9.95. The fraction of sp³-hybridized carbons (Fsp3) is 1.00. The normalized spacial score (nSPS) is 26.4. The molecule has 0 radical (unpaired) electrons. The van der Waals surface area contributed by atoms with Gasteiger partial charge in [0.15, 0.2) is 0 Å². The van der Waals surface area contributed by atoms with Crippen molar-refractivity contribution in [1.82, 2.24) is 5.32 Å². The van der Waals surface area contributed by atoms with Crippen LogP contribution in [0.4, 0.5) is 0 Å². The van der Waals surface area contributed by atoms with Crippen LogP contribution in [-0.2, 0) is 9.47 Å². The number of nitrogens with one attached hydrogen (secondary N) is 1. The van der Waals surface area contributed by atoms with Crippen molar-refractivity contribution in [2.45, 2.75) is 38.8 Å². The van der Waals surface area contributed by atoms with Crippen LogP contribution in [0.2, 0.25) is 0 Å². The van der Waals surface area contributed by atoms with Crippen molar-refractivity contribution in [3.8, 4) is 0 Å². The highest BCUT2D eigenvalue weighted by molar-refractivity contribution is 4.83.